The van der Waals surface area contributed by atoms with E-state index in [1.807, 2.05) is 38.1 Å². The molecule has 0 fully saturated rings. The number of aromatic nitrogens is 1. The van der Waals surface area contributed by atoms with Crippen molar-refractivity contribution in [2.24, 2.45) is 0 Å². The summed E-state index contributed by atoms with van der Waals surface area (Å²) in [5, 5.41) is 0.904. The molecule has 4 heteroatoms. The molecule has 4 nitrogen and oxygen atoms in total. The van der Waals surface area contributed by atoms with Crippen LogP contribution >= 0.6 is 0 Å². The molecular weight excluding hydrogens is 240 g/mol. The van der Waals surface area contributed by atoms with E-state index >= 15 is 0 Å². The largest absolute Gasteiger partial charge is 0.322 e. The van der Waals surface area contributed by atoms with E-state index in [2.05, 4.69) is 4.98 Å². The van der Waals surface area contributed by atoms with E-state index in [9.17, 15) is 9.59 Å². The maximum absolute atomic E-state index is 12.0. The first kappa shape index (κ1) is 13.5. The molecule has 2 aromatic rings. The second-order valence-corrected chi connectivity index (χ2v) is 4.94. The number of nitrogens with one attached hydrogen (secondary N) is 1. The molecule has 0 unspecified atom stereocenters. The third kappa shape index (κ3) is 2.90. The maximum atomic E-state index is 12.0. The fourth-order valence-corrected chi connectivity index (χ4v) is 2.07. The van der Waals surface area contributed by atoms with Crippen molar-refractivity contribution < 1.29 is 4.79 Å². The predicted molar refractivity (Wildman–Crippen MR) is 76.8 cm³/mol. The molecule has 0 aliphatic carbocycles. The van der Waals surface area contributed by atoms with Crippen LogP contribution in [0, 0.1) is 0 Å². The van der Waals surface area contributed by atoms with Gasteiger partial charge in [-0.1, -0.05) is 6.92 Å². The molecule has 0 spiro atoms. The number of nitrogens with zero attached hydrogens (tertiary/aromatic N) is 1. The SMILES string of the molecule is CCc1cc2cc(C(=O)CN(C)C)ccc2[nH]c1=O. The lowest BCUT2D eigenvalue weighted by atomic mass is 10.1. The van der Waals surface area contributed by atoms with Crippen molar-refractivity contribution in [2.45, 2.75) is 13.3 Å². The molecule has 0 aliphatic rings. The van der Waals surface area contributed by atoms with Crippen molar-refractivity contribution in [2.75, 3.05) is 20.6 Å². The van der Waals surface area contributed by atoms with Gasteiger partial charge in [0.05, 0.1) is 6.54 Å². The summed E-state index contributed by atoms with van der Waals surface area (Å²) < 4.78 is 0. The van der Waals surface area contributed by atoms with Crippen LogP contribution in [0.4, 0.5) is 0 Å². The number of likely N-dealkylation sites (N-methyl/N-ethyl adjacent to an activating group) is 1. The number of aromatic amines is 1. The van der Waals surface area contributed by atoms with Crippen LogP contribution in [0.15, 0.2) is 29.1 Å². The van der Waals surface area contributed by atoms with Crippen molar-refractivity contribution in [3.63, 3.8) is 0 Å². The van der Waals surface area contributed by atoms with E-state index in [1.54, 1.807) is 12.1 Å². The Labute approximate surface area is 112 Å². The van der Waals surface area contributed by atoms with Gasteiger partial charge in [0.2, 0.25) is 0 Å². The highest BCUT2D eigenvalue weighted by atomic mass is 16.1. The molecule has 0 amide bonds. The van der Waals surface area contributed by atoms with Gasteiger partial charge in [-0.2, -0.15) is 0 Å². The van der Waals surface area contributed by atoms with Crippen molar-refractivity contribution >= 4 is 16.7 Å². The number of pyridine rings is 1. The van der Waals surface area contributed by atoms with E-state index in [0.29, 0.717) is 18.5 Å². The lowest BCUT2D eigenvalue weighted by Crippen LogP contribution is -2.21. The molecule has 100 valence electrons. The van der Waals surface area contributed by atoms with Gasteiger partial charge in [-0.15, -0.1) is 0 Å². The number of H-pyrrole nitrogens is 1. The van der Waals surface area contributed by atoms with Crippen molar-refractivity contribution in [1.29, 1.82) is 0 Å². The van der Waals surface area contributed by atoms with Gasteiger partial charge in [-0.3, -0.25) is 9.59 Å². The zero-order valence-electron chi connectivity index (χ0n) is 11.5. The Kier molecular flexibility index (Phi) is 3.81. The summed E-state index contributed by atoms with van der Waals surface area (Å²) in [5.41, 5.74) is 2.13. The molecule has 0 radical (unpaired) electrons. The van der Waals surface area contributed by atoms with Crippen molar-refractivity contribution in [1.82, 2.24) is 9.88 Å². The monoisotopic (exact) mass is 258 g/mol. The minimum absolute atomic E-state index is 0.0534. The fraction of sp³-hybridized carbons (Fsp3) is 0.333. The fourth-order valence-electron chi connectivity index (χ4n) is 2.07. The highest BCUT2D eigenvalue weighted by Gasteiger charge is 2.09. The van der Waals surface area contributed by atoms with E-state index in [0.717, 1.165) is 16.5 Å². The number of hydrogen-bond acceptors (Lipinski definition) is 3. The summed E-state index contributed by atoms with van der Waals surface area (Å²) in [5.74, 6) is 0.0798. The average Bonchev–Trinajstić information content (AvgIpc) is 2.36. The summed E-state index contributed by atoms with van der Waals surface area (Å²) in [6.45, 7) is 2.33. The Morgan fingerprint density at radius 1 is 1.26 bits per heavy atom. The van der Waals surface area contributed by atoms with Gasteiger partial charge in [0.15, 0.2) is 5.78 Å². The van der Waals surface area contributed by atoms with Gasteiger partial charge in [0.25, 0.3) is 5.56 Å². The third-order valence-electron chi connectivity index (χ3n) is 3.08. The zero-order chi connectivity index (χ0) is 14.0. The van der Waals surface area contributed by atoms with E-state index in [-0.39, 0.29) is 11.3 Å². The van der Waals surface area contributed by atoms with Crippen LogP contribution in [0.1, 0.15) is 22.8 Å². The normalized spacial score (nSPS) is 11.2. The number of fused-ring (bicyclic) bond motifs is 1. The number of hydrogen-bond donors (Lipinski definition) is 1. The first-order valence-corrected chi connectivity index (χ1v) is 6.35. The number of rotatable bonds is 4. The number of carbonyl (C=O) groups is 1. The topological polar surface area (TPSA) is 53.2 Å². The molecule has 0 aliphatic heterocycles. The van der Waals surface area contributed by atoms with Crippen LogP contribution in [-0.2, 0) is 6.42 Å². The summed E-state index contributed by atoms with van der Waals surface area (Å²) >= 11 is 0. The molecule has 0 saturated carbocycles. The summed E-state index contributed by atoms with van der Waals surface area (Å²) in [4.78, 5) is 28.4. The van der Waals surface area contributed by atoms with Gasteiger partial charge in [0.1, 0.15) is 0 Å². The second kappa shape index (κ2) is 5.36. The van der Waals surface area contributed by atoms with Crippen molar-refractivity contribution in [3.05, 3.63) is 45.7 Å². The number of ketones is 1. The van der Waals surface area contributed by atoms with E-state index in [1.165, 1.54) is 0 Å². The first-order chi connectivity index (χ1) is 9.01. The minimum atomic E-state index is -0.0534. The van der Waals surface area contributed by atoms with Crippen LogP contribution in [0.25, 0.3) is 10.9 Å². The molecule has 0 atom stereocenters. The Bertz CT molecular complexity index is 671. The molecule has 1 aromatic carbocycles. The standard InChI is InChI=1S/C15H18N2O2/c1-4-10-7-12-8-11(14(18)9-17(2)3)5-6-13(12)16-15(10)19/h5-8H,4,9H2,1-3H3,(H,16,19). The van der Waals surface area contributed by atoms with Gasteiger partial charge in [-0.25, -0.2) is 0 Å². The lowest BCUT2D eigenvalue weighted by Gasteiger charge is -2.09. The van der Waals surface area contributed by atoms with Gasteiger partial charge in [-0.05, 0) is 50.2 Å². The predicted octanol–water partition coefficient (Wildman–Crippen LogP) is 1.83. The first-order valence-electron chi connectivity index (χ1n) is 6.35. The summed E-state index contributed by atoms with van der Waals surface area (Å²) in [7, 11) is 3.73. The van der Waals surface area contributed by atoms with Gasteiger partial charge in [0, 0.05) is 16.6 Å². The Morgan fingerprint density at radius 3 is 2.63 bits per heavy atom. The Morgan fingerprint density at radius 2 is 2.00 bits per heavy atom. The maximum Gasteiger partial charge on any atom is 0.251 e. The molecular formula is C15H18N2O2. The molecule has 1 N–H and O–H groups in total. The quantitative estimate of drug-likeness (QED) is 0.851. The zero-order valence-corrected chi connectivity index (χ0v) is 11.5. The number of carbonyl (C=O) groups excluding carboxylic acids is 1. The van der Waals surface area contributed by atoms with Gasteiger partial charge >= 0.3 is 0 Å². The van der Waals surface area contributed by atoms with Crippen LogP contribution in [0.2, 0.25) is 0 Å². The minimum Gasteiger partial charge on any atom is -0.322 e. The average molecular weight is 258 g/mol. The van der Waals surface area contributed by atoms with E-state index in [4.69, 9.17) is 0 Å². The molecule has 2 rings (SSSR count). The summed E-state index contributed by atoms with van der Waals surface area (Å²) in [6, 6.07) is 7.26. The smallest absolute Gasteiger partial charge is 0.251 e. The number of aryl methyl sites for hydroxylation is 1. The second-order valence-electron chi connectivity index (χ2n) is 4.94. The van der Waals surface area contributed by atoms with Crippen LogP contribution in [0.5, 0.6) is 0 Å². The lowest BCUT2D eigenvalue weighted by molar-refractivity contribution is 0.0958. The summed E-state index contributed by atoms with van der Waals surface area (Å²) in [6.07, 6.45) is 0.682. The molecule has 1 aromatic heterocycles. The molecule has 1 heterocycles. The number of benzene rings is 1. The van der Waals surface area contributed by atoms with Gasteiger partial charge < -0.3 is 9.88 Å². The molecule has 0 saturated heterocycles. The van der Waals surface area contributed by atoms with E-state index < -0.39 is 0 Å². The van der Waals surface area contributed by atoms with Crippen LogP contribution < -0.4 is 5.56 Å². The van der Waals surface area contributed by atoms with Crippen LogP contribution in [0.3, 0.4) is 0 Å². The Balaban J connectivity index is 2.47. The highest BCUT2D eigenvalue weighted by molar-refractivity contribution is 6.00. The van der Waals surface area contributed by atoms with Crippen molar-refractivity contribution in [3.8, 4) is 0 Å². The Hall–Kier alpha value is -1.94. The highest BCUT2D eigenvalue weighted by Crippen LogP contribution is 2.14. The third-order valence-corrected chi connectivity index (χ3v) is 3.08. The van der Waals surface area contributed by atoms with Crippen LogP contribution in [-0.4, -0.2) is 36.3 Å². The molecule has 0 bridgehead atoms. The number of Topliss-reactive ketones (excluding diaryl/α,β-unsaturated/α-hetero) is 1. The molecule has 19 heavy (non-hydrogen) atoms.